The molecule has 86 valence electrons. The number of nitrogens with zero attached hydrogens (tertiary/aromatic N) is 1. The van der Waals surface area contributed by atoms with E-state index in [4.69, 9.17) is 0 Å². The largest absolute Gasteiger partial charge is 0.508 e. The normalized spacial score (nSPS) is 28.8. The van der Waals surface area contributed by atoms with Crippen LogP contribution >= 0.6 is 0 Å². The van der Waals surface area contributed by atoms with Crippen molar-refractivity contribution in [3.8, 4) is 5.75 Å². The van der Waals surface area contributed by atoms with Gasteiger partial charge in [-0.05, 0) is 30.5 Å². The third-order valence-corrected chi connectivity index (χ3v) is 3.79. The summed E-state index contributed by atoms with van der Waals surface area (Å²) in [4.78, 5) is 2.59. The van der Waals surface area contributed by atoms with Crippen molar-refractivity contribution in [3.63, 3.8) is 0 Å². The third-order valence-electron chi connectivity index (χ3n) is 3.79. The van der Waals surface area contributed by atoms with Crippen molar-refractivity contribution in [3.05, 3.63) is 29.8 Å². The smallest absolute Gasteiger partial charge is 0.115 e. The molecule has 2 bridgehead atoms. The number of hydrogen-bond acceptors (Lipinski definition) is 3. The maximum absolute atomic E-state index is 9.20. The van der Waals surface area contributed by atoms with Gasteiger partial charge in [-0.25, -0.2) is 0 Å². The van der Waals surface area contributed by atoms with E-state index in [9.17, 15) is 5.11 Å². The van der Waals surface area contributed by atoms with Crippen molar-refractivity contribution in [1.82, 2.24) is 10.2 Å². The van der Waals surface area contributed by atoms with Gasteiger partial charge in [0.25, 0.3) is 0 Å². The van der Waals surface area contributed by atoms with E-state index in [2.05, 4.69) is 10.2 Å². The second kappa shape index (κ2) is 4.07. The summed E-state index contributed by atoms with van der Waals surface area (Å²) in [5.41, 5.74) is 1.31. The summed E-state index contributed by atoms with van der Waals surface area (Å²) >= 11 is 0. The minimum absolute atomic E-state index is 0.355. The van der Waals surface area contributed by atoms with E-state index < -0.39 is 0 Å². The zero-order valence-electron chi connectivity index (χ0n) is 9.39. The summed E-state index contributed by atoms with van der Waals surface area (Å²) in [6.45, 7) is 3.52. The molecule has 16 heavy (non-hydrogen) atoms. The highest BCUT2D eigenvalue weighted by Crippen LogP contribution is 2.23. The molecule has 0 aliphatic carbocycles. The first-order chi connectivity index (χ1) is 7.81. The first-order valence-electron chi connectivity index (χ1n) is 6.06. The molecule has 0 amide bonds. The molecule has 2 aliphatic rings. The first kappa shape index (κ1) is 10.1. The van der Waals surface area contributed by atoms with Crippen LogP contribution in [0.25, 0.3) is 0 Å². The molecule has 0 saturated carbocycles. The molecule has 2 fully saturated rings. The van der Waals surface area contributed by atoms with Gasteiger partial charge in [0.2, 0.25) is 0 Å². The Balaban J connectivity index is 1.55. The highest BCUT2D eigenvalue weighted by atomic mass is 16.3. The number of hydrogen-bond donors (Lipinski definition) is 2. The van der Waals surface area contributed by atoms with Crippen LogP contribution in [0, 0.1) is 0 Å². The van der Waals surface area contributed by atoms with Crippen LogP contribution in [0.15, 0.2) is 24.3 Å². The number of fused-ring (bicyclic) bond motifs is 2. The number of nitrogens with one attached hydrogen (secondary N) is 1. The lowest BCUT2D eigenvalue weighted by molar-refractivity contribution is 0.229. The van der Waals surface area contributed by atoms with Gasteiger partial charge in [0.05, 0.1) is 0 Å². The molecular formula is C13H18N2O. The van der Waals surface area contributed by atoms with E-state index in [1.54, 1.807) is 12.1 Å². The quantitative estimate of drug-likeness (QED) is 0.794. The van der Waals surface area contributed by atoms with Crippen molar-refractivity contribution < 1.29 is 5.11 Å². The molecule has 3 rings (SSSR count). The van der Waals surface area contributed by atoms with Crippen LogP contribution < -0.4 is 5.32 Å². The van der Waals surface area contributed by atoms with E-state index in [1.807, 2.05) is 12.1 Å². The molecule has 3 nitrogen and oxygen atoms in total. The average molecular weight is 218 g/mol. The van der Waals surface area contributed by atoms with E-state index >= 15 is 0 Å². The summed E-state index contributed by atoms with van der Waals surface area (Å²) in [5, 5.41) is 12.7. The molecule has 2 unspecified atom stereocenters. The number of benzene rings is 1. The highest BCUT2D eigenvalue weighted by molar-refractivity contribution is 5.26. The summed E-state index contributed by atoms with van der Waals surface area (Å²) in [6.07, 6.45) is 2.42. The van der Waals surface area contributed by atoms with E-state index in [1.165, 1.54) is 25.1 Å². The second-order valence-corrected chi connectivity index (χ2v) is 4.91. The van der Waals surface area contributed by atoms with Gasteiger partial charge >= 0.3 is 0 Å². The van der Waals surface area contributed by atoms with Gasteiger partial charge in [-0.15, -0.1) is 0 Å². The van der Waals surface area contributed by atoms with Gasteiger partial charge in [-0.3, -0.25) is 4.90 Å². The maximum atomic E-state index is 9.20. The Morgan fingerprint density at radius 2 is 2.12 bits per heavy atom. The van der Waals surface area contributed by atoms with Gasteiger partial charge in [-0.1, -0.05) is 12.1 Å². The number of likely N-dealkylation sites (tertiary alicyclic amines) is 1. The number of phenolic OH excluding ortho intramolecular Hbond substituents is 1. The molecule has 2 aliphatic heterocycles. The molecule has 0 radical (unpaired) electrons. The predicted molar refractivity (Wildman–Crippen MR) is 63.6 cm³/mol. The van der Waals surface area contributed by atoms with Gasteiger partial charge in [0.1, 0.15) is 5.75 Å². The lowest BCUT2D eigenvalue weighted by Crippen LogP contribution is -2.44. The van der Waals surface area contributed by atoms with Crippen LogP contribution in [-0.4, -0.2) is 41.7 Å². The second-order valence-electron chi connectivity index (χ2n) is 4.91. The van der Waals surface area contributed by atoms with Crippen molar-refractivity contribution in [2.75, 3.05) is 19.6 Å². The number of rotatable bonds is 3. The van der Waals surface area contributed by atoms with Crippen molar-refractivity contribution in [1.29, 1.82) is 0 Å². The molecule has 2 heterocycles. The van der Waals surface area contributed by atoms with Crippen LogP contribution in [0.1, 0.15) is 12.0 Å². The summed E-state index contributed by atoms with van der Waals surface area (Å²) in [7, 11) is 0. The Labute approximate surface area is 96.1 Å². The highest BCUT2D eigenvalue weighted by Gasteiger charge is 2.36. The van der Waals surface area contributed by atoms with Gasteiger partial charge in [0, 0.05) is 31.7 Å². The molecule has 2 atom stereocenters. The summed E-state index contributed by atoms with van der Waals surface area (Å²) in [5.74, 6) is 0.355. The average Bonchev–Trinajstić information content (AvgIpc) is 2.90. The molecule has 0 spiro atoms. The van der Waals surface area contributed by atoms with Gasteiger partial charge < -0.3 is 10.4 Å². The Hall–Kier alpha value is -1.06. The number of aromatic hydroxyl groups is 1. The predicted octanol–water partition coefficient (Wildman–Crippen LogP) is 0.981. The lowest BCUT2D eigenvalue weighted by atomic mass is 10.1. The molecule has 1 aromatic rings. The number of phenols is 1. The van der Waals surface area contributed by atoms with Crippen molar-refractivity contribution in [2.45, 2.75) is 24.9 Å². The first-order valence-corrected chi connectivity index (χ1v) is 6.06. The van der Waals surface area contributed by atoms with E-state index in [-0.39, 0.29) is 0 Å². The zero-order valence-corrected chi connectivity index (χ0v) is 9.39. The Kier molecular flexibility index (Phi) is 2.58. The monoisotopic (exact) mass is 218 g/mol. The van der Waals surface area contributed by atoms with E-state index in [0.29, 0.717) is 5.75 Å². The topological polar surface area (TPSA) is 35.5 Å². The van der Waals surface area contributed by atoms with Crippen LogP contribution in [0.5, 0.6) is 5.75 Å². The molecular weight excluding hydrogens is 200 g/mol. The summed E-state index contributed by atoms with van der Waals surface area (Å²) in [6, 6.07) is 9.08. The molecule has 2 saturated heterocycles. The minimum Gasteiger partial charge on any atom is -0.508 e. The standard InChI is InChI=1S/C13H18N2O/c16-13-3-1-10(2-4-13)5-6-15-9-11-7-12(15)8-14-11/h1-4,11-12,14,16H,5-9H2. The maximum Gasteiger partial charge on any atom is 0.115 e. The molecule has 3 heteroatoms. The van der Waals surface area contributed by atoms with Crippen LogP contribution in [0.4, 0.5) is 0 Å². The Morgan fingerprint density at radius 3 is 2.75 bits per heavy atom. The van der Waals surface area contributed by atoms with Crippen molar-refractivity contribution >= 4 is 0 Å². The van der Waals surface area contributed by atoms with Crippen molar-refractivity contribution in [2.24, 2.45) is 0 Å². The van der Waals surface area contributed by atoms with Crippen LogP contribution in [0.2, 0.25) is 0 Å². The fourth-order valence-corrected chi connectivity index (χ4v) is 2.86. The van der Waals surface area contributed by atoms with Gasteiger partial charge in [-0.2, -0.15) is 0 Å². The van der Waals surface area contributed by atoms with Crippen LogP contribution in [-0.2, 0) is 6.42 Å². The lowest BCUT2D eigenvalue weighted by Gasteiger charge is -2.27. The molecule has 1 aromatic carbocycles. The van der Waals surface area contributed by atoms with Gasteiger partial charge in [0.15, 0.2) is 0 Å². The minimum atomic E-state index is 0.355. The zero-order chi connectivity index (χ0) is 11.0. The molecule has 0 aromatic heterocycles. The fourth-order valence-electron chi connectivity index (χ4n) is 2.86. The SMILES string of the molecule is Oc1ccc(CCN2CC3CC2CN3)cc1. The molecule has 2 N–H and O–H groups in total. The fraction of sp³-hybridized carbons (Fsp3) is 0.538. The Morgan fingerprint density at radius 1 is 1.31 bits per heavy atom. The van der Waals surface area contributed by atoms with Crippen LogP contribution in [0.3, 0.4) is 0 Å². The third kappa shape index (κ3) is 1.93. The van der Waals surface area contributed by atoms with E-state index in [0.717, 1.165) is 25.0 Å². The Bertz CT molecular complexity index is 363. The summed E-state index contributed by atoms with van der Waals surface area (Å²) < 4.78 is 0. The number of piperazine rings is 1.